The average molecular weight is 280 g/mol. The number of hydrogen-bond donors (Lipinski definition) is 1. The van der Waals surface area contributed by atoms with Crippen LogP contribution < -0.4 is 0 Å². The van der Waals surface area contributed by atoms with Crippen molar-refractivity contribution in [1.82, 2.24) is 19.6 Å². The summed E-state index contributed by atoms with van der Waals surface area (Å²) in [4.78, 5) is 16.3. The molecule has 0 bridgehead atoms. The van der Waals surface area contributed by atoms with E-state index in [1.165, 1.54) is 0 Å². The number of aryl methyl sites for hydroxylation is 1. The number of amides is 1. The zero-order valence-electron chi connectivity index (χ0n) is 12.3. The highest BCUT2D eigenvalue weighted by Gasteiger charge is 2.22. The molecule has 112 valence electrons. The number of carbonyl (C=O) groups excluding carboxylic acids is 1. The summed E-state index contributed by atoms with van der Waals surface area (Å²) >= 11 is 0. The predicted molar refractivity (Wildman–Crippen MR) is 76.3 cm³/mol. The second-order valence-electron chi connectivity index (χ2n) is 5.46. The number of β-amino-alcohol motifs (C(OH)–C–C–N with tert-alkyl or cyclic N) is 1. The van der Waals surface area contributed by atoms with E-state index in [0.717, 1.165) is 38.2 Å². The highest BCUT2D eigenvalue weighted by atomic mass is 16.3. The number of aromatic nitrogens is 2. The van der Waals surface area contributed by atoms with Crippen LogP contribution in [-0.2, 0) is 11.3 Å². The van der Waals surface area contributed by atoms with Crippen LogP contribution in [0.25, 0.3) is 0 Å². The Kier molecular flexibility index (Phi) is 5.14. The molecule has 1 aliphatic heterocycles. The van der Waals surface area contributed by atoms with E-state index in [0.29, 0.717) is 13.1 Å². The normalized spacial score (nSPS) is 18.2. The minimum atomic E-state index is -0.260. The molecule has 1 aromatic rings. The lowest BCUT2D eigenvalue weighted by molar-refractivity contribution is -0.133. The van der Waals surface area contributed by atoms with E-state index in [9.17, 15) is 9.90 Å². The predicted octanol–water partition coefficient (Wildman–Crippen LogP) is 0.107. The molecule has 1 aliphatic rings. The van der Waals surface area contributed by atoms with Gasteiger partial charge in [-0.05, 0) is 18.9 Å². The van der Waals surface area contributed by atoms with E-state index in [-0.39, 0.29) is 12.0 Å². The summed E-state index contributed by atoms with van der Waals surface area (Å²) in [7, 11) is 0. The molecule has 6 nitrogen and oxygen atoms in total. The van der Waals surface area contributed by atoms with Crippen molar-refractivity contribution in [2.45, 2.75) is 32.9 Å². The van der Waals surface area contributed by atoms with Gasteiger partial charge in [-0.25, -0.2) is 0 Å². The zero-order chi connectivity index (χ0) is 14.5. The third kappa shape index (κ3) is 4.05. The maximum Gasteiger partial charge on any atom is 0.244 e. The van der Waals surface area contributed by atoms with Gasteiger partial charge in [0, 0.05) is 38.9 Å². The monoisotopic (exact) mass is 280 g/mol. The number of nitrogens with zero attached hydrogens (tertiary/aromatic N) is 4. The first kappa shape index (κ1) is 15.0. The molecule has 6 heteroatoms. The molecule has 2 heterocycles. The van der Waals surface area contributed by atoms with Gasteiger partial charge in [0.1, 0.15) is 6.54 Å². The summed E-state index contributed by atoms with van der Waals surface area (Å²) in [6.07, 6.45) is 4.16. The Labute approximate surface area is 120 Å². The highest BCUT2D eigenvalue weighted by molar-refractivity contribution is 5.76. The first-order valence-corrected chi connectivity index (χ1v) is 7.25. The summed E-state index contributed by atoms with van der Waals surface area (Å²) in [5, 5.41) is 13.8. The number of hydrogen-bond acceptors (Lipinski definition) is 4. The van der Waals surface area contributed by atoms with Gasteiger partial charge in [-0.15, -0.1) is 0 Å². The first-order valence-electron chi connectivity index (χ1n) is 7.25. The molecule has 1 atom stereocenters. The van der Waals surface area contributed by atoms with Crippen molar-refractivity contribution < 1.29 is 9.90 Å². The van der Waals surface area contributed by atoms with Gasteiger partial charge in [0.05, 0.1) is 12.3 Å². The Bertz CT molecular complexity index is 438. The fourth-order valence-corrected chi connectivity index (χ4v) is 2.40. The summed E-state index contributed by atoms with van der Waals surface area (Å²) in [5.41, 5.74) is 1.07. The molecule has 1 saturated heterocycles. The molecule has 1 fully saturated rings. The third-order valence-electron chi connectivity index (χ3n) is 3.72. The lowest BCUT2D eigenvalue weighted by Gasteiger charge is -2.35. The van der Waals surface area contributed by atoms with Gasteiger partial charge in [0.2, 0.25) is 5.91 Å². The lowest BCUT2D eigenvalue weighted by atomic mass is 10.2. The van der Waals surface area contributed by atoms with Crippen LogP contribution in [0, 0.1) is 6.92 Å². The van der Waals surface area contributed by atoms with Crippen LogP contribution in [0.5, 0.6) is 0 Å². The fraction of sp³-hybridized carbons (Fsp3) is 0.714. The first-order chi connectivity index (χ1) is 9.58. The maximum absolute atomic E-state index is 12.2. The maximum atomic E-state index is 12.2. The van der Waals surface area contributed by atoms with Crippen molar-refractivity contribution in [3.8, 4) is 0 Å². The van der Waals surface area contributed by atoms with Gasteiger partial charge in [-0.2, -0.15) is 5.10 Å². The smallest absolute Gasteiger partial charge is 0.244 e. The van der Waals surface area contributed by atoms with E-state index < -0.39 is 0 Å². The molecule has 2 rings (SSSR count). The SMILES string of the molecule is CC[C@H](O)CN1CCN(C(=O)Cn2cc(C)cn2)CC1. The quantitative estimate of drug-likeness (QED) is 0.831. The Morgan fingerprint density at radius 1 is 1.40 bits per heavy atom. The molecule has 1 amide bonds. The highest BCUT2D eigenvalue weighted by Crippen LogP contribution is 2.05. The van der Waals surface area contributed by atoms with Crippen LogP contribution in [0.1, 0.15) is 18.9 Å². The van der Waals surface area contributed by atoms with Gasteiger partial charge in [-0.3, -0.25) is 14.4 Å². The molecule has 0 aliphatic carbocycles. The van der Waals surface area contributed by atoms with Crippen molar-refractivity contribution in [3.05, 3.63) is 18.0 Å². The van der Waals surface area contributed by atoms with E-state index in [1.54, 1.807) is 10.9 Å². The van der Waals surface area contributed by atoms with Gasteiger partial charge in [-0.1, -0.05) is 6.92 Å². The number of aliphatic hydroxyl groups excluding tert-OH is 1. The van der Waals surface area contributed by atoms with Gasteiger partial charge < -0.3 is 10.0 Å². The van der Waals surface area contributed by atoms with Gasteiger partial charge in [0.15, 0.2) is 0 Å². The molecule has 1 aromatic heterocycles. The molecule has 0 radical (unpaired) electrons. The summed E-state index contributed by atoms with van der Waals surface area (Å²) in [6.45, 7) is 8.09. The molecule has 0 unspecified atom stereocenters. The Hall–Kier alpha value is -1.40. The fourth-order valence-electron chi connectivity index (χ4n) is 2.40. The summed E-state index contributed by atoms with van der Waals surface area (Å²) in [6, 6.07) is 0. The molecular weight excluding hydrogens is 256 g/mol. The molecule has 20 heavy (non-hydrogen) atoms. The van der Waals surface area contributed by atoms with Crippen LogP contribution >= 0.6 is 0 Å². The molecule has 0 aromatic carbocycles. The lowest BCUT2D eigenvalue weighted by Crippen LogP contribution is -2.51. The second kappa shape index (κ2) is 6.85. The third-order valence-corrected chi connectivity index (χ3v) is 3.72. The van der Waals surface area contributed by atoms with Crippen molar-refractivity contribution in [2.24, 2.45) is 0 Å². The standard InChI is InChI=1S/C14H24N4O2/c1-3-13(19)10-16-4-6-17(7-5-16)14(20)11-18-9-12(2)8-15-18/h8-9,13,19H,3-7,10-11H2,1-2H3/t13-/m0/s1. The second-order valence-corrected chi connectivity index (χ2v) is 5.46. The number of piperazine rings is 1. The van der Waals surface area contributed by atoms with Crippen LogP contribution in [0.4, 0.5) is 0 Å². The van der Waals surface area contributed by atoms with Crippen LogP contribution in [0.2, 0.25) is 0 Å². The minimum absolute atomic E-state index is 0.115. The summed E-state index contributed by atoms with van der Waals surface area (Å²) < 4.78 is 1.69. The Balaban J connectivity index is 1.77. The van der Waals surface area contributed by atoms with Crippen LogP contribution in [0.3, 0.4) is 0 Å². The molecule has 1 N–H and O–H groups in total. The van der Waals surface area contributed by atoms with Crippen molar-refractivity contribution in [2.75, 3.05) is 32.7 Å². The van der Waals surface area contributed by atoms with E-state index in [1.807, 2.05) is 24.9 Å². The number of carbonyl (C=O) groups is 1. The average Bonchev–Trinajstić information content (AvgIpc) is 2.84. The number of rotatable bonds is 5. The van der Waals surface area contributed by atoms with Crippen LogP contribution in [-0.4, -0.2) is 69.4 Å². The largest absolute Gasteiger partial charge is 0.392 e. The van der Waals surface area contributed by atoms with Crippen molar-refractivity contribution in [1.29, 1.82) is 0 Å². The topological polar surface area (TPSA) is 61.6 Å². The molecular formula is C14H24N4O2. The number of aliphatic hydroxyl groups is 1. The zero-order valence-corrected chi connectivity index (χ0v) is 12.3. The molecule has 0 spiro atoms. The van der Waals surface area contributed by atoms with E-state index in [4.69, 9.17) is 0 Å². The molecule has 0 saturated carbocycles. The van der Waals surface area contributed by atoms with Crippen molar-refractivity contribution in [3.63, 3.8) is 0 Å². The Morgan fingerprint density at radius 3 is 2.65 bits per heavy atom. The van der Waals surface area contributed by atoms with Gasteiger partial charge in [0.25, 0.3) is 0 Å². The van der Waals surface area contributed by atoms with Crippen LogP contribution in [0.15, 0.2) is 12.4 Å². The van der Waals surface area contributed by atoms with Gasteiger partial charge >= 0.3 is 0 Å². The van der Waals surface area contributed by atoms with Crippen molar-refractivity contribution >= 4 is 5.91 Å². The van der Waals surface area contributed by atoms with E-state index in [2.05, 4.69) is 10.00 Å². The summed E-state index contributed by atoms with van der Waals surface area (Å²) in [5.74, 6) is 0.115. The van der Waals surface area contributed by atoms with E-state index >= 15 is 0 Å². The minimum Gasteiger partial charge on any atom is -0.392 e. The Morgan fingerprint density at radius 2 is 2.10 bits per heavy atom.